The van der Waals surface area contributed by atoms with Crippen LogP contribution in [0, 0.1) is 11.8 Å². The number of amides is 2. The maximum absolute atomic E-state index is 11.6. The normalized spacial score (nSPS) is 22.0. The summed E-state index contributed by atoms with van der Waals surface area (Å²) in [7, 11) is 0. The van der Waals surface area contributed by atoms with Crippen LogP contribution in [-0.4, -0.2) is 36.1 Å². The zero-order valence-corrected chi connectivity index (χ0v) is 9.82. The Hall–Kier alpha value is -1.10. The van der Waals surface area contributed by atoms with Gasteiger partial charge in [0.2, 0.25) is 11.8 Å². The standard InChI is InChI=1S/C11H20N2O3/c1-7(2)3-9(14)6-13-11(16)8-4-10(15)12-5-8/h7-9,14H,3-6H2,1-2H3,(H,12,15)(H,13,16). The van der Waals surface area contributed by atoms with Crippen molar-refractivity contribution in [3.8, 4) is 0 Å². The number of aliphatic hydroxyl groups is 1. The first-order valence-corrected chi connectivity index (χ1v) is 5.71. The Bertz CT molecular complexity index is 266. The minimum atomic E-state index is -0.506. The monoisotopic (exact) mass is 228 g/mol. The summed E-state index contributed by atoms with van der Waals surface area (Å²) >= 11 is 0. The van der Waals surface area contributed by atoms with Crippen LogP contribution in [0.1, 0.15) is 26.7 Å². The second-order valence-electron chi connectivity index (χ2n) is 4.73. The summed E-state index contributed by atoms with van der Waals surface area (Å²) in [5, 5.41) is 14.8. The molecule has 2 atom stereocenters. The number of aliphatic hydroxyl groups excluding tert-OH is 1. The highest BCUT2D eigenvalue weighted by molar-refractivity contribution is 5.89. The highest BCUT2D eigenvalue weighted by Gasteiger charge is 2.27. The van der Waals surface area contributed by atoms with E-state index in [1.165, 1.54) is 0 Å². The SMILES string of the molecule is CC(C)CC(O)CNC(=O)C1CNC(=O)C1. The zero-order valence-electron chi connectivity index (χ0n) is 9.82. The van der Waals surface area contributed by atoms with Gasteiger partial charge in [0.1, 0.15) is 0 Å². The molecule has 92 valence electrons. The molecule has 0 radical (unpaired) electrons. The number of carbonyl (C=O) groups excluding carboxylic acids is 2. The Balaban J connectivity index is 2.22. The van der Waals surface area contributed by atoms with Crippen LogP contribution in [0.2, 0.25) is 0 Å². The summed E-state index contributed by atoms with van der Waals surface area (Å²) in [5.41, 5.74) is 0. The number of rotatable bonds is 5. The molecule has 0 aromatic rings. The van der Waals surface area contributed by atoms with E-state index in [2.05, 4.69) is 10.6 Å². The predicted octanol–water partition coefficient (Wildman–Crippen LogP) is -0.354. The third-order valence-electron chi connectivity index (χ3n) is 2.60. The number of nitrogens with one attached hydrogen (secondary N) is 2. The van der Waals surface area contributed by atoms with Gasteiger partial charge in [-0.05, 0) is 12.3 Å². The molecule has 2 amide bonds. The van der Waals surface area contributed by atoms with Gasteiger partial charge in [0.25, 0.3) is 0 Å². The van der Waals surface area contributed by atoms with E-state index in [1.807, 2.05) is 13.8 Å². The molecule has 1 aliphatic heterocycles. The molecule has 0 saturated carbocycles. The molecule has 2 unspecified atom stereocenters. The Labute approximate surface area is 95.6 Å². The molecule has 16 heavy (non-hydrogen) atoms. The summed E-state index contributed by atoms with van der Waals surface area (Å²) in [5.74, 6) is -0.107. The van der Waals surface area contributed by atoms with Crippen molar-refractivity contribution >= 4 is 11.8 Å². The molecule has 1 saturated heterocycles. The Morgan fingerprint density at radius 3 is 2.81 bits per heavy atom. The first-order valence-electron chi connectivity index (χ1n) is 5.71. The van der Waals surface area contributed by atoms with E-state index in [0.717, 1.165) is 0 Å². The molecule has 3 N–H and O–H groups in total. The van der Waals surface area contributed by atoms with E-state index < -0.39 is 6.10 Å². The van der Waals surface area contributed by atoms with Crippen LogP contribution in [0.4, 0.5) is 0 Å². The molecule has 0 aromatic carbocycles. The van der Waals surface area contributed by atoms with Gasteiger partial charge in [-0.25, -0.2) is 0 Å². The van der Waals surface area contributed by atoms with E-state index in [0.29, 0.717) is 18.9 Å². The highest BCUT2D eigenvalue weighted by Crippen LogP contribution is 2.09. The van der Waals surface area contributed by atoms with E-state index in [-0.39, 0.29) is 30.7 Å². The molecule has 0 bridgehead atoms. The average Bonchev–Trinajstić information content (AvgIpc) is 2.60. The van der Waals surface area contributed by atoms with Crippen molar-refractivity contribution in [1.29, 1.82) is 0 Å². The largest absolute Gasteiger partial charge is 0.391 e. The minimum Gasteiger partial charge on any atom is -0.391 e. The van der Waals surface area contributed by atoms with Gasteiger partial charge in [0, 0.05) is 19.5 Å². The molecule has 0 aliphatic carbocycles. The van der Waals surface area contributed by atoms with Gasteiger partial charge < -0.3 is 15.7 Å². The van der Waals surface area contributed by atoms with Crippen molar-refractivity contribution in [1.82, 2.24) is 10.6 Å². The van der Waals surface area contributed by atoms with E-state index in [1.54, 1.807) is 0 Å². The Morgan fingerprint density at radius 2 is 2.31 bits per heavy atom. The van der Waals surface area contributed by atoms with Gasteiger partial charge in [0.05, 0.1) is 12.0 Å². The van der Waals surface area contributed by atoms with Gasteiger partial charge in [-0.15, -0.1) is 0 Å². The quantitative estimate of drug-likeness (QED) is 0.601. The van der Waals surface area contributed by atoms with Crippen LogP contribution in [0.3, 0.4) is 0 Å². The molecule has 0 aromatic heterocycles. The fraction of sp³-hybridized carbons (Fsp3) is 0.818. The fourth-order valence-corrected chi connectivity index (χ4v) is 1.78. The lowest BCUT2D eigenvalue weighted by Gasteiger charge is -2.15. The smallest absolute Gasteiger partial charge is 0.225 e. The second-order valence-corrected chi connectivity index (χ2v) is 4.73. The van der Waals surface area contributed by atoms with Crippen LogP contribution in [0.25, 0.3) is 0 Å². The second kappa shape index (κ2) is 5.84. The lowest BCUT2D eigenvalue weighted by Crippen LogP contribution is -2.37. The number of hydrogen-bond donors (Lipinski definition) is 3. The summed E-state index contributed by atoms with van der Waals surface area (Å²) in [6.07, 6.45) is 0.419. The van der Waals surface area contributed by atoms with Crippen LogP contribution in [0.15, 0.2) is 0 Å². The summed E-state index contributed by atoms with van der Waals surface area (Å²) < 4.78 is 0. The van der Waals surface area contributed by atoms with Gasteiger partial charge in [-0.2, -0.15) is 0 Å². The topological polar surface area (TPSA) is 78.4 Å². The van der Waals surface area contributed by atoms with Gasteiger partial charge >= 0.3 is 0 Å². The van der Waals surface area contributed by atoms with E-state index in [9.17, 15) is 14.7 Å². The Morgan fingerprint density at radius 1 is 1.62 bits per heavy atom. The molecule has 1 rings (SSSR count). The van der Waals surface area contributed by atoms with Crippen LogP contribution in [0.5, 0.6) is 0 Å². The summed E-state index contributed by atoms with van der Waals surface area (Å²) in [6, 6.07) is 0. The molecule has 1 fully saturated rings. The van der Waals surface area contributed by atoms with Crippen molar-refractivity contribution in [3.05, 3.63) is 0 Å². The average molecular weight is 228 g/mol. The molecule has 5 heteroatoms. The van der Waals surface area contributed by atoms with Crippen LogP contribution < -0.4 is 10.6 Å². The molecule has 5 nitrogen and oxygen atoms in total. The third kappa shape index (κ3) is 4.18. The van der Waals surface area contributed by atoms with Crippen molar-refractivity contribution in [2.45, 2.75) is 32.8 Å². The van der Waals surface area contributed by atoms with Gasteiger partial charge in [-0.3, -0.25) is 9.59 Å². The number of carbonyl (C=O) groups is 2. The highest BCUT2D eigenvalue weighted by atomic mass is 16.3. The Kier molecular flexibility index (Phi) is 4.73. The molecular formula is C11H20N2O3. The first-order chi connectivity index (χ1) is 7.49. The summed E-state index contributed by atoms with van der Waals surface area (Å²) in [4.78, 5) is 22.5. The van der Waals surface area contributed by atoms with Crippen molar-refractivity contribution in [2.75, 3.05) is 13.1 Å². The van der Waals surface area contributed by atoms with E-state index in [4.69, 9.17) is 0 Å². The maximum atomic E-state index is 11.6. The van der Waals surface area contributed by atoms with Crippen molar-refractivity contribution in [3.63, 3.8) is 0 Å². The number of hydrogen-bond acceptors (Lipinski definition) is 3. The molecule has 1 heterocycles. The lowest BCUT2D eigenvalue weighted by molar-refractivity contribution is -0.126. The van der Waals surface area contributed by atoms with E-state index >= 15 is 0 Å². The molecule has 0 spiro atoms. The maximum Gasteiger partial charge on any atom is 0.225 e. The van der Waals surface area contributed by atoms with Crippen molar-refractivity contribution < 1.29 is 14.7 Å². The predicted molar refractivity (Wildman–Crippen MR) is 59.6 cm³/mol. The summed E-state index contributed by atoms with van der Waals surface area (Å²) in [6.45, 7) is 4.71. The van der Waals surface area contributed by atoms with Crippen LogP contribution in [-0.2, 0) is 9.59 Å². The van der Waals surface area contributed by atoms with Gasteiger partial charge in [-0.1, -0.05) is 13.8 Å². The first kappa shape index (κ1) is 13.0. The van der Waals surface area contributed by atoms with Crippen molar-refractivity contribution in [2.24, 2.45) is 11.8 Å². The molecular weight excluding hydrogens is 208 g/mol. The van der Waals surface area contributed by atoms with Gasteiger partial charge in [0.15, 0.2) is 0 Å². The zero-order chi connectivity index (χ0) is 12.1. The lowest BCUT2D eigenvalue weighted by atomic mass is 10.1. The molecule has 1 aliphatic rings. The minimum absolute atomic E-state index is 0.0807. The third-order valence-corrected chi connectivity index (χ3v) is 2.60. The fourth-order valence-electron chi connectivity index (χ4n) is 1.78. The van der Waals surface area contributed by atoms with Crippen LogP contribution >= 0.6 is 0 Å².